The highest BCUT2D eigenvalue weighted by Crippen LogP contribution is 2.41. The van der Waals surface area contributed by atoms with Crippen LogP contribution in [0.15, 0.2) is 135 Å². The Bertz CT molecular complexity index is 1800. The van der Waals surface area contributed by atoms with Crippen molar-refractivity contribution in [2.24, 2.45) is 0 Å². The Kier molecular flexibility index (Phi) is 10.7. The van der Waals surface area contributed by atoms with Gasteiger partial charge in [0.15, 0.2) is 11.6 Å². The van der Waals surface area contributed by atoms with Gasteiger partial charge in [-0.05, 0) is 72.5 Å². The van der Waals surface area contributed by atoms with E-state index in [4.69, 9.17) is 4.74 Å². The van der Waals surface area contributed by atoms with Gasteiger partial charge in [0.1, 0.15) is 12.4 Å². The van der Waals surface area contributed by atoms with E-state index in [0.29, 0.717) is 28.9 Å². The zero-order valence-corrected chi connectivity index (χ0v) is 27.8. The van der Waals surface area contributed by atoms with Gasteiger partial charge < -0.3 is 4.74 Å². The SMILES string of the molecule is CCCCCCCCc1ccc(Sc2cccc3c2C(=O)c2cccc(Sc4ccc(OCc5ccccc5)cc4)c2C3=O)cc1. The van der Waals surface area contributed by atoms with Crippen LogP contribution in [0, 0.1) is 0 Å². The molecule has 0 aromatic heterocycles. The number of rotatable bonds is 14. The van der Waals surface area contributed by atoms with E-state index >= 15 is 0 Å². The molecule has 5 heteroatoms. The fourth-order valence-electron chi connectivity index (χ4n) is 5.78. The Morgan fingerprint density at radius 1 is 0.522 bits per heavy atom. The standard InChI is InChI=1S/C41H38O3S2/c1-2-3-4-5-6-8-13-29-20-24-32(25-21-29)45-36-18-11-16-34-38(36)40(42)35-17-12-19-37(39(35)41(34)43)46-33-26-22-31(23-27-33)44-28-30-14-9-7-10-15-30/h7,9-12,14-27H,2-6,8,13,28H2,1H3. The molecule has 3 nitrogen and oxygen atoms in total. The molecule has 0 heterocycles. The summed E-state index contributed by atoms with van der Waals surface area (Å²) < 4.78 is 5.94. The van der Waals surface area contributed by atoms with Crippen molar-refractivity contribution >= 4 is 35.1 Å². The third-order valence-electron chi connectivity index (χ3n) is 8.27. The molecule has 0 radical (unpaired) electrons. The molecule has 0 amide bonds. The molecule has 232 valence electrons. The maximum absolute atomic E-state index is 14.0. The fourth-order valence-corrected chi connectivity index (χ4v) is 7.74. The Morgan fingerprint density at radius 3 is 1.65 bits per heavy atom. The van der Waals surface area contributed by atoms with E-state index in [9.17, 15) is 9.59 Å². The average Bonchev–Trinajstić information content (AvgIpc) is 3.09. The van der Waals surface area contributed by atoms with E-state index in [1.807, 2.05) is 78.9 Å². The number of ether oxygens (including phenoxy) is 1. The number of unbranched alkanes of at least 4 members (excludes halogenated alkanes) is 5. The topological polar surface area (TPSA) is 43.4 Å². The van der Waals surface area contributed by atoms with E-state index in [1.54, 1.807) is 23.9 Å². The molecule has 0 saturated heterocycles. The molecule has 0 saturated carbocycles. The van der Waals surface area contributed by atoms with Gasteiger partial charge in [-0.2, -0.15) is 0 Å². The molecule has 0 N–H and O–H groups in total. The highest BCUT2D eigenvalue weighted by Gasteiger charge is 2.33. The number of ketones is 2. The summed E-state index contributed by atoms with van der Waals surface area (Å²) in [7, 11) is 0. The van der Waals surface area contributed by atoms with Crippen molar-refractivity contribution in [3.63, 3.8) is 0 Å². The quantitative estimate of drug-likeness (QED) is 0.111. The van der Waals surface area contributed by atoms with Crippen LogP contribution in [-0.4, -0.2) is 11.6 Å². The summed E-state index contributed by atoms with van der Waals surface area (Å²) in [6.45, 7) is 2.75. The second-order valence-electron chi connectivity index (χ2n) is 11.6. The molecule has 0 fully saturated rings. The molecule has 5 aromatic carbocycles. The monoisotopic (exact) mass is 642 g/mol. The van der Waals surface area contributed by atoms with Gasteiger partial charge in [-0.3, -0.25) is 9.59 Å². The smallest absolute Gasteiger partial charge is 0.195 e. The second-order valence-corrected chi connectivity index (χ2v) is 13.9. The third kappa shape index (κ3) is 7.66. The predicted octanol–water partition coefficient (Wildman–Crippen LogP) is 11.2. The van der Waals surface area contributed by atoms with E-state index in [0.717, 1.165) is 37.3 Å². The molecule has 6 rings (SSSR count). The van der Waals surface area contributed by atoms with Gasteiger partial charge in [-0.1, -0.05) is 129 Å². The van der Waals surface area contributed by atoms with Crippen LogP contribution in [0.1, 0.15) is 88.4 Å². The molecular weight excluding hydrogens is 605 g/mol. The van der Waals surface area contributed by atoms with Gasteiger partial charge in [0.05, 0.1) is 0 Å². The van der Waals surface area contributed by atoms with Crippen LogP contribution < -0.4 is 4.74 Å². The highest BCUT2D eigenvalue weighted by atomic mass is 32.2. The van der Waals surface area contributed by atoms with Gasteiger partial charge >= 0.3 is 0 Å². The molecular formula is C41H38O3S2. The van der Waals surface area contributed by atoms with E-state index in [-0.39, 0.29) is 11.6 Å². The first-order valence-electron chi connectivity index (χ1n) is 16.2. The average molecular weight is 643 g/mol. The molecule has 46 heavy (non-hydrogen) atoms. The Balaban J connectivity index is 1.14. The van der Waals surface area contributed by atoms with Crippen molar-refractivity contribution in [3.8, 4) is 5.75 Å². The summed E-state index contributed by atoms with van der Waals surface area (Å²) in [6.07, 6.45) is 8.84. The molecule has 0 spiro atoms. The first-order chi connectivity index (χ1) is 22.6. The minimum absolute atomic E-state index is 0.0977. The van der Waals surface area contributed by atoms with Crippen LogP contribution in [0.4, 0.5) is 0 Å². The highest BCUT2D eigenvalue weighted by molar-refractivity contribution is 7.99. The minimum Gasteiger partial charge on any atom is -0.489 e. The van der Waals surface area contributed by atoms with Crippen molar-refractivity contribution in [2.45, 2.75) is 78.1 Å². The lowest BCUT2D eigenvalue weighted by Gasteiger charge is -2.22. The predicted molar refractivity (Wildman–Crippen MR) is 189 cm³/mol. The number of benzene rings is 5. The summed E-state index contributed by atoms with van der Waals surface area (Å²) in [4.78, 5) is 31.6. The van der Waals surface area contributed by atoms with E-state index < -0.39 is 0 Å². The van der Waals surface area contributed by atoms with Gasteiger partial charge in [0.2, 0.25) is 0 Å². The zero-order chi connectivity index (χ0) is 31.7. The lowest BCUT2D eigenvalue weighted by atomic mass is 9.84. The van der Waals surface area contributed by atoms with Gasteiger partial charge in [0, 0.05) is 41.8 Å². The van der Waals surface area contributed by atoms with Crippen LogP contribution in [0.2, 0.25) is 0 Å². The summed E-state index contributed by atoms with van der Waals surface area (Å²) in [6, 6.07) is 37.7. The van der Waals surface area contributed by atoms with Gasteiger partial charge in [-0.25, -0.2) is 0 Å². The maximum Gasteiger partial charge on any atom is 0.195 e. The Hall–Kier alpha value is -4.06. The first-order valence-corrected chi connectivity index (χ1v) is 17.8. The number of carbonyl (C=O) groups excluding carboxylic acids is 2. The lowest BCUT2D eigenvalue weighted by Crippen LogP contribution is -2.22. The Morgan fingerprint density at radius 2 is 1.07 bits per heavy atom. The molecule has 1 aliphatic rings. The molecule has 0 aliphatic heterocycles. The van der Waals surface area contributed by atoms with E-state index in [1.165, 1.54) is 55.9 Å². The van der Waals surface area contributed by atoms with Crippen molar-refractivity contribution in [1.82, 2.24) is 0 Å². The summed E-state index contributed by atoms with van der Waals surface area (Å²) in [5.74, 6) is 0.577. The fraction of sp³-hybridized carbons (Fsp3) is 0.220. The van der Waals surface area contributed by atoms with Gasteiger partial charge in [0.25, 0.3) is 0 Å². The second kappa shape index (κ2) is 15.5. The summed E-state index contributed by atoms with van der Waals surface area (Å²) in [5.41, 5.74) is 4.37. The molecule has 5 aromatic rings. The largest absolute Gasteiger partial charge is 0.489 e. The number of hydrogen-bond donors (Lipinski definition) is 0. The zero-order valence-electron chi connectivity index (χ0n) is 26.2. The maximum atomic E-state index is 14.0. The van der Waals surface area contributed by atoms with Crippen LogP contribution >= 0.6 is 23.5 Å². The van der Waals surface area contributed by atoms with Crippen molar-refractivity contribution < 1.29 is 14.3 Å². The molecule has 0 unspecified atom stereocenters. The number of aryl methyl sites for hydroxylation is 1. The molecule has 0 bridgehead atoms. The summed E-state index contributed by atoms with van der Waals surface area (Å²) >= 11 is 3.04. The van der Waals surface area contributed by atoms with Gasteiger partial charge in [-0.15, -0.1) is 0 Å². The van der Waals surface area contributed by atoms with Crippen LogP contribution in [0.5, 0.6) is 5.75 Å². The minimum atomic E-state index is -0.104. The van der Waals surface area contributed by atoms with Crippen LogP contribution in [0.3, 0.4) is 0 Å². The number of carbonyl (C=O) groups is 2. The van der Waals surface area contributed by atoms with Crippen LogP contribution in [0.25, 0.3) is 0 Å². The van der Waals surface area contributed by atoms with Crippen molar-refractivity contribution in [1.29, 1.82) is 0 Å². The summed E-state index contributed by atoms with van der Waals surface area (Å²) in [5, 5.41) is 0. The first kappa shape index (κ1) is 31.9. The normalized spacial score (nSPS) is 12.1. The number of fused-ring (bicyclic) bond motifs is 2. The van der Waals surface area contributed by atoms with E-state index in [2.05, 4.69) is 31.2 Å². The van der Waals surface area contributed by atoms with Crippen molar-refractivity contribution in [3.05, 3.63) is 149 Å². The van der Waals surface area contributed by atoms with Crippen molar-refractivity contribution in [2.75, 3.05) is 0 Å². The molecule has 0 atom stereocenters. The van der Waals surface area contributed by atoms with Crippen LogP contribution in [-0.2, 0) is 13.0 Å². The number of hydrogen-bond acceptors (Lipinski definition) is 5. The third-order valence-corrected chi connectivity index (χ3v) is 10.4. The Labute approximate surface area is 280 Å². The molecule has 1 aliphatic carbocycles. The lowest BCUT2D eigenvalue weighted by molar-refractivity contribution is 0.0974.